The number of benzene rings is 4. The van der Waals surface area contributed by atoms with Crippen molar-refractivity contribution in [2.45, 2.75) is 65.6 Å². The summed E-state index contributed by atoms with van der Waals surface area (Å²) in [5.74, 6) is 0.566. The molecule has 1 unspecified atom stereocenters. The van der Waals surface area contributed by atoms with Gasteiger partial charge in [0, 0.05) is 30.9 Å². The lowest BCUT2D eigenvalue weighted by atomic mass is 9.47. The fourth-order valence-electron chi connectivity index (χ4n) is 6.39. The van der Waals surface area contributed by atoms with Gasteiger partial charge in [0.1, 0.15) is 7.28 Å². The maximum atomic E-state index is 12.1. The van der Waals surface area contributed by atoms with Crippen molar-refractivity contribution in [2.75, 3.05) is 18.0 Å². The van der Waals surface area contributed by atoms with Gasteiger partial charge in [-0.15, -0.1) is 0 Å². The highest BCUT2D eigenvalue weighted by molar-refractivity contribution is 6.38. The Bertz CT molecular complexity index is 1530. The van der Waals surface area contributed by atoms with E-state index in [2.05, 4.69) is 110 Å². The van der Waals surface area contributed by atoms with Gasteiger partial charge in [0.05, 0.1) is 0 Å². The number of nitrogens with zero attached hydrogens (tertiary/aromatic N) is 1. The van der Waals surface area contributed by atoms with E-state index in [4.69, 9.17) is 0 Å². The fraction of sp³-hybridized carbons (Fsp3) is 0.361. The van der Waals surface area contributed by atoms with Gasteiger partial charge in [0.25, 0.3) is 0 Å². The molecule has 1 aliphatic heterocycles. The van der Waals surface area contributed by atoms with E-state index in [-0.39, 0.29) is 5.91 Å². The summed E-state index contributed by atoms with van der Waals surface area (Å²) in [5, 5.41) is 8.15. The minimum absolute atomic E-state index is 0.0640. The van der Waals surface area contributed by atoms with Crippen molar-refractivity contribution in [2.24, 2.45) is 5.41 Å². The maximum absolute atomic E-state index is 12.1. The van der Waals surface area contributed by atoms with Crippen LogP contribution in [0.15, 0.2) is 84.9 Å². The lowest BCUT2D eigenvalue weighted by Gasteiger charge is -2.35. The van der Waals surface area contributed by atoms with Gasteiger partial charge in [0.2, 0.25) is 5.91 Å². The van der Waals surface area contributed by atoms with Crippen LogP contribution in [0.5, 0.6) is 0 Å². The second kappa shape index (κ2) is 11.9. The summed E-state index contributed by atoms with van der Waals surface area (Å²) >= 11 is 0. The number of rotatable bonds is 9. The molecule has 4 heteroatoms. The Morgan fingerprint density at radius 3 is 2.48 bits per heavy atom. The highest BCUT2D eigenvalue weighted by atomic mass is 16.1. The SMILES string of the molecule is C=C(C)C(=O)NCCCN(Cc1ccccc1C1BCC(C)(C)CC1)c1ccc2cc3ccccc3cc2c1C. The first-order chi connectivity index (χ1) is 19.2. The molecule has 1 saturated heterocycles. The van der Waals surface area contributed by atoms with Crippen molar-refractivity contribution in [3.05, 3.63) is 102 Å². The molecule has 0 spiro atoms. The third-order valence-corrected chi connectivity index (χ3v) is 8.94. The topological polar surface area (TPSA) is 32.3 Å². The molecule has 206 valence electrons. The fourth-order valence-corrected chi connectivity index (χ4v) is 6.39. The van der Waals surface area contributed by atoms with E-state index in [0.29, 0.717) is 23.4 Å². The van der Waals surface area contributed by atoms with E-state index in [0.717, 1.165) is 19.5 Å². The number of aryl methyl sites for hydroxylation is 1. The van der Waals surface area contributed by atoms with Crippen LogP contribution in [0, 0.1) is 12.3 Å². The van der Waals surface area contributed by atoms with Crippen LogP contribution < -0.4 is 10.2 Å². The average Bonchev–Trinajstić information content (AvgIpc) is 2.94. The molecule has 1 atom stereocenters. The van der Waals surface area contributed by atoms with Gasteiger partial charge in [-0.1, -0.05) is 87.8 Å². The minimum atomic E-state index is -0.0640. The number of carbonyl (C=O) groups is 1. The van der Waals surface area contributed by atoms with Crippen LogP contribution in [0.4, 0.5) is 5.69 Å². The number of nitrogens with one attached hydrogen (secondary N) is 1. The second-order valence-electron chi connectivity index (χ2n) is 12.6. The predicted molar refractivity (Wildman–Crippen MR) is 174 cm³/mol. The number of carbonyl (C=O) groups excluding carboxylic acids is 1. The van der Waals surface area contributed by atoms with Crippen molar-refractivity contribution in [1.82, 2.24) is 5.32 Å². The molecule has 1 N–H and O–H groups in total. The van der Waals surface area contributed by atoms with Crippen molar-refractivity contribution in [3.8, 4) is 0 Å². The Labute approximate surface area is 240 Å². The van der Waals surface area contributed by atoms with Crippen LogP contribution >= 0.6 is 0 Å². The van der Waals surface area contributed by atoms with Gasteiger partial charge in [-0.05, 0) is 94.4 Å². The number of hydrogen-bond acceptors (Lipinski definition) is 2. The predicted octanol–water partition coefficient (Wildman–Crippen LogP) is 8.11. The first kappa shape index (κ1) is 28.0. The lowest BCUT2D eigenvalue weighted by Crippen LogP contribution is -2.31. The monoisotopic (exact) mass is 530 g/mol. The van der Waals surface area contributed by atoms with Gasteiger partial charge in [-0.2, -0.15) is 0 Å². The Morgan fingerprint density at radius 2 is 1.75 bits per heavy atom. The van der Waals surface area contributed by atoms with Gasteiger partial charge in [-0.25, -0.2) is 0 Å². The van der Waals surface area contributed by atoms with Crippen LogP contribution in [0.3, 0.4) is 0 Å². The van der Waals surface area contributed by atoms with E-state index in [1.165, 1.54) is 70.4 Å². The van der Waals surface area contributed by atoms with E-state index in [1.807, 2.05) is 0 Å². The normalized spacial score (nSPS) is 16.4. The molecule has 0 radical (unpaired) electrons. The van der Waals surface area contributed by atoms with Crippen LogP contribution in [-0.2, 0) is 11.3 Å². The maximum Gasteiger partial charge on any atom is 0.246 e. The third kappa shape index (κ3) is 6.27. The zero-order valence-corrected chi connectivity index (χ0v) is 24.7. The summed E-state index contributed by atoms with van der Waals surface area (Å²) < 4.78 is 0. The average molecular weight is 531 g/mol. The zero-order chi connectivity index (χ0) is 28.3. The molecule has 1 amide bonds. The molecular formula is C36H43BN2O. The third-order valence-electron chi connectivity index (χ3n) is 8.94. The van der Waals surface area contributed by atoms with Crippen molar-refractivity contribution >= 4 is 40.4 Å². The van der Waals surface area contributed by atoms with E-state index in [9.17, 15) is 4.79 Å². The summed E-state index contributed by atoms with van der Waals surface area (Å²) in [4.78, 5) is 14.6. The largest absolute Gasteiger partial charge is 0.367 e. The first-order valence-corrected chi connectivity index (χ1v) is 14.9. The Balaban J connectivity index is 1.46. The van der Waals surface area contributed by atoms with Crippen LogP contribution in [0.25, 0.3) is 21.5 Å². The highest BCUT2D eigenvalue weighted by Gasteiger charge is 2.29. The molecule has 0 aromatic heterocycles. The molecule has 5 rings (SSSR count). The van der Waals surface area contributed by atoms with Crippen molar-refractivity contribution in [1.29, 1.82) is 0 Å². The van der Waals surface area contributed by atoms with Gasteiger partial charge in [0.15, 0.2) is 0 Å². The number of amides is 1. The van der Waals surface area contributed by atoms with Crippen LogP contribution in [-0.4, -0.2) is 26.3 Å². The Hall–Kier alpha value is -3.53. The quantitative estimate of drug-likeness (QED) is 0.103. The smallest absolute Gasteiger partial charge is 0.246 e. The number of hydrogen-bond donors (Lipinski definition) is 1. The van der Waals surface area contributed by atoms with Gasteiger partial charge < -0.3 is 10.2 Å². The second-order valence-corrected chi connectivity index (χ2v) is 12.6. The summed E-state index contributed by atoms with van der Waals surface area (Å²) in [6.07, 6.45) is 4.71. The lowest BCUT2D eigenvalue weighted by molar-refractivity contribution is -0.117. The van der Waals surface area contributed by atoms with Crippen LogP contribution in [0.2, 0.25) is 6.32 Å². The summed E-state index contributed by atoms with van der Waals surface area (Å²) in [6, 6.07) is 26.9. The molecular weight excluding hydrogens is 487 g/mol. The highest BCUT2D eigenvalue weighted by Crippen LogP contribution is 2.40. The zero-order valence-electron chi connectivity index (χ0n) is 24.7. The van der Waals surface area contributed by atoms with Crippen molar-refractivity contribution < 1.29 is 4.79 Å². The number of fused-ring (bicyclic) bond motifs is 2. The molecule has 4 aromatic carbocycles. The first-order valence-electron chi connectivity index (χ1n) is 14.9. The van der Waals surface area contributed by atoms with E-state index >= 15 is 0 Å². The van der Waals surface area contributed by atoms with E-state index < -0.39 is 0 Å². The molecule has 1 fully saturated rings. The summed E-state index contributed by atoms with van der Waals surface area (Å²) in [5.41, 5.74) is 6.54. The molecule has 3 nitrogen and oxygen atoms in total. The molecule has 4 aromatic rings. The summed E-state index contributed by atoms with van der Waals surface area (Å²) in [6.45, 7) is 15.0. The molecule has 1 heterocycles. The van der Waals surface area contributed by atoms with Crippen LogP contribution in [0.1, 0.15) is 62.5 Å². The molecule has 0 saturated carbocycles. The molecule has 0 bridgehead atoms. The van der Waals surface area contributed by atoms with Gasteiger partial charge in [-0.3, -0.25) is 4.79 Å². The number of anilines is 1. The minimum Gasteiger partial charge on any atom is -0.367 e. The van der Waals surface area contributed by atoms with E-state index in [1.54, 1.807) is 6.92 Å². The Morgan fingerprint density at radius 1 is 1.02 bits per heavy atom. The molecule has 40 heavy (non-hydrogen) atoms. The molecule has 1 aliphatic rings. The Kier molecular flexibility index (Phi) is 8.35. The van der Waals surface area contributed by atoms with Crippen molar-refractivity contribution in [3.63, 3.8) is 0 Å². The molecule has 0 aliphatic carbocycles. The summed E-state index contributed by atoms with van der Waals surface area (Å²) in [7, 11) is 1.26. The standard InChI is InChI=1S/C36H43BN2O/c1-25(2)35(40)38-19-10-20-39(23-30-13-8-9-14-31(30)33-17-18-36(4,5)24-37-33)34-16-15-29-21-27-11-6-7-12-28(27)22-32(29)26(34)3/h6-9,11-16,21-22,33,37H,1,10,17-20,23-24H2,2-5H3,(H,38,40). The van der Waals surface area contributed by atoms with Gasteiger partial charge >= 0.3 is 0 Å².